The van der Waals surface area contributed by atoms with Gasteiger partial charge in [-0.25, -0.2) is 0 Å². The lowest BCUT2D eigenvalue weighted by Crippen LogP contribution is -2.52. The lowest BCUT2D eigenvalue weighted by Gasteiger charge is -2.41. The van der Waals surface area contributed by atoms with Crippen molar-refractivity contribution in [1.82, 2.24) is 4.90 Å². The molecule has 1 spiro atoms. The first-order chi connectivity index (χ1) is 10.7. The van der Waals surface area contributed by atoms with Gasteiger partial charge < -0.3 is 4.74 Å². The molecule has 3 heteroatoms. The third-order valence-corrected chi connectivity index (χ3v) is 5.17. The molecule has 2 aliphatic rings. The molecule has 0 N–H and O–H groups in total. The maximum absolute atomic E-state index is 12.8. The molecule has 1 fully saturated rings. The van der Waals surface area contributed by atoms with Gasteiger partial charge in [0.25, 0.3) is 0 Å². The van der Waals surface area contributed by atoms with Crippen LogP contribution in [0.25, 0.3) is 0 Å². The molecular weight excluding hydrogens is 274 g/mol. The molecule has 1 aliphatic carbocycles. The quantitative estimate of drug-likeness (QED) is 0.793. The first-order valence-electron chi connectivity index (χ1n) is 8.31. The number of rotatable bonds is 4. The first kappa shape index (κ1) is 15.3. The Kier molecular flexibility index (Phi) is 4.34. The molecule has 3 rings (SSSR count). The van der Waals surface area contributed by atoms with E-state index < -0.39 is 0 Å². The van der Waals surface area contributed by atoms with Crippen LogP contribution in [0.1, 0.15) is 44.6 Å². The molecule has 1 atom stereocenters. The molecule has 0 amide bonds. The van der Waals surface area contributed by atoms with E-state index in [1.165, 1.54) is 11.1 Å². The van der Waals surface area contributed by atoms with Crippen molar-refractivity contribution in [2.45, 2.75) is 51.1 Å². The van der Waals surface area contributed by atoms with E-state index in [-0.39, 0.29) is 5.54 Å². The van der Waals surface area contributed by atoms with Crippen LogP contribution < -0.4 is 4.74 Å². The molecule has 0 aromatic heterocycles. The summed E-state index contributed by atoms with van der Waals surface area (Å²) in [5.41, 5.74) is 2.28. The van der Waals surface area contributed by atoms with Gasteiger partial charge in [-0.3, -0.25) is 9.69 Å². The minimum Gasteiger partial charge on any atom is -0.497 e. The summed E-state index contributed by atoms with van der Waals surface area (Å²) in [6.45, 7) is 4.03. The Bertz CT molecular complexity index is 576. The highest BCUT2D eigenvalue weighted by Gasteiger charge is 2.49. The molecule has 1 aromatic carbocycles. The van der Waals surface area contributed by atoms with Crippen LogP contribution in [0.5, 0.6) is 5.75 Å². The van der Waals surface area contributed by atoms with Gasteiger partial charge in [-0.2, -0.15) is 0 Å². The maximum Gasteiger partial charge on any atom is 0.157 e. The minimum absolute atomic E-state index is 0.313. The Labute approximate surface area is 133 Å². The van der Waals surface area contributed by atoms with E-state index >= 15 is 0 Å². The summed E-state index contributed by atoms with van der Waals surface area (Å²) >= 11 is 0. The van der Waals surface area contributed by atoms with Crippen LogP contribution in [0.4, 0.5) is 0 Å². The van der Waals surface area contributed by atoms with Crippen molar-refractivity contribution in [1.29, 1.82) is 0 Å². The number of likely N-dealkylation sites (tertiary alicyclic amines) is 1. The second kappa shape index (κ2) is 6.25. The number of nitrogens with zero attached hydrogens (tertiary/aromatic N) is 1. The van der Waals surface area contributed by atoms with Crippen LogP contribution >= 0.6 is 0 Å². The second-order valence-corrected chi connectivity index (χ2v) is 6.28. The fraction of sp³-hybridized carbons (Fsp3) is 0.526. The van der Waals surface area contributed by atoms with Crippen LogP contribution in [0.3, 0.4) is 0 Å². The lowest BCUT2D eigenvalue weighted by atomic mass is 9.75. The fourth-order valence-electron chi connectivity index (χ4n) is 4.09. The van der Waals surface area contributed by atoms with Crippen LogP contribution in [0.15, 0.2) is 35.9 Å². The Morgan fingerprint density at radius 1 is 1.27 bits per heavy atom. The van der Waals surface area contributed by atoms with E-state index in [1.807, 2.05) is 12.1 Å². The van der Waals surface area contributed by atoms with Gasteiger partial charge in [-0.1, -0.05) is 25.1 Å². The SMILES string of the molecule is CCC1=CCCC(=O)C12CCCN2Cc1ccc(OC)cc1. The second-order valence-electron chi connectivity index (χ2n) is 6.28. The average Bonchev–Trinajstić information content (AvgIpc) is 2.95. The van der Waals surface area contributed by atoms with Gasteiger partial charge in [0.2, 0.25) is 0 Å². The zero-order valence-corrected chi connectivity index (χ0v) is 13.6. The van der Waals surface area contributed by atoms with Gasteiger partial charge >= 0.3 is 0 Å². The largest absolute Gasteiger partial charge is 0.497 e. The van der Waals surface area contributed by atoms with Crippen molar-refractivity contribution in [2.75, 3.05) is 13.7 Å². The molecule has 0 saturated carbocycles. The van der Waals surface area contributed by atoms with Gasteiger partial charge in [0.05, 0.1) is 7.11 Å². The van der Waals surface area contributed by atoms with Gasteiger partial charge in [0.1, 0.15) is 11.3 Å². The summed E-state index contributed by atoms with van der Waals surface area (Å²) in [6, 6.07) is 8.20. The zero-order valence-electron chi connectivity index (χ0n) is 13.6. The number of methoxy groups -OCH3 is 1. The number of ketones is 1. The third kappa shape index (κ3) is 2.48. The smallest absolute Gasteiger partial charge is 0.157 e. The van der Waals surface area contributed by atoms with E-state index in [4.69, 9.17) is 4.74 Å². The lowest BCUT2D eigenvalue weighted by molar-refractivity contribution is -0.128. The number of hydrogen-bond acceptors (Lipinski definition) is 3. The molecule has 0 radical (unpaired) electrons. The zero-order chi connectivity index (χ0) is 15.6. The Morgan fingerprint density at radius 3 is 2.73 bits per heavy atom. The van der Waals surface area contributed by atoms with Crippen LogP contribution in [0, 0.1) is 0 Å². The van der Waals surface area contributed by atoms with E-state index in [2.05, 4.69) is 30.0 Å². The monoisotopic (exact) mass is 299 g/mol. The number of benzene rings is 1. The predicted molar refractivity (Wildman–Crippen MR) is 88.0 cm³/mol. The summed E-state index contributed by atoms with van der Waals surface area (Å²) in [4.78, 5) is 15.2. The van der Waals surface area contributed by atoms with Crippen molar-refractivity contribution < 1.29 is 9.53 Å². The maximum atomic E-state index is 12.8. The third-order valence-electron chi connectivity index (χ3n) is 5.17. The molecule has 3 nitrogen and oxygen atoms in total. The molecule has 118 valence electrons. The normalized spacial score (nSPS) is 25.5. The van der Waals surface area contributed by atoms with Crippen molar-refractivity contribution in [2.24, 2.45) is 0 Å². The Hall–Kier alpha value is -1.61. The predicted octanol–water partition coefficient (Wildman–Crippen LogP) is 3.73. The molecule has 22 heavy (non-hydrogen) atoms. The summed E-state index contributed by atoms with van der Waals surface area (Å²) in [5.74, 6) is 1.31. The standard InChI is InChI=1S/C19H25NO2/c1-3-16-6-4-7-18(21)19(16)12-5-13-20(19)14-15-8-10-17(22-2)11-9-15/h6,8-11H,3-5,7,12-14H2,1-2H3. The molecule has 1 unspecified atom stereocenters. The molecule has 1 aliphatic heterocycles. The van der Waals surface area contributed by atoms with Crippen LogP contribution in [0.2, 0.25) is 0 Å². The van der Waals surface area contributed by atoms with Gasteiger partial charge in [0, 0.05) is 13.0 Å². The number of carbonyl (C=O) groups excluding carboxylic acids is 1. The highest BCUT2D eigenvalue weighted by molar-refractivity contribution is 5.93. The van der Waals surface area contributed by atoms with Crippen molar-refractivity contribution in [3.05, 3.63) is 41.5 Å². The van der Waals surface area contributed by atoms with Gasteiger partial charge in [0.15, 0.2) is 5.78 Å². The van der Waals surface area contributed by atoms with E-state index in [0.29, 0.717) is 12.2 Å². The van der Waals surface area contributed by atoms with Crippen molar-refractivity contribution >= 4 is 5.78 Å². The summed E-state index contributed by atoms with van der Waals surface area (Å²) in [7, 11) is 1.68. The van der Waals surface area contributed by atoms with Gasteiger partial charge in [-0.05, 0) is 55.5 Å². The molecule has 0 bridgehead atoms. The molecular formula is C19H25NO2. The minimum atomic E-state index is -0.313. The topological polar surface area (TPSA) is 29.5 Å². The van der Waals surface area contributed by atoms with E-state index in [9.17, 15) is 4.79 Å². The molecule has 1 saturated heterocycles. The number of allylic oxidation sites excluding steroid dienone is 1. The number of Topliss-reactive ketones (excluding diaryl/α,β-unsaturated/α-hetero) is 1. The first-order valence-corrected chi connectivity index (χ1v) is 8.31. The van der Waals surface area contributed by atoms with Crippen LogP contribution in [-0.4, -0.2) is 29.9 Å². The van der Waals surface area contributed by atoms with Crippen molar-refractivity contribution in [3.8, 4) is 5.75 Å². The number of hydrogen-bond donors (Lipinski definition) is 0. The van der Waals surface area contributed by atoms with Crippen LogP contribution in [-0.2, 0) is 11.3 Å². The summed E-state index contributed by atoms with van der Waals surface area (Å²) in [5, 5.41) is 0. The summed E-state index contributed by atoms with van der Waals surface area (Å²) in [6.07, 6.45) is 7.00. The van der Waals surface area contributed by atoms with E-state index in [0.717, 1.165) is 44.5 Å². The number of ether oxygens (including phenoxy) is 1. The Balaban J connectivity index is 1.87. The Morgan fingerprint density at radius 2 is 2.05 bits per heavy atom. The molecule has 1 aromatic rings. The highest BCUT2D eigenvalue weighted by atomic mass is 16.5. The van der Waals surface area contributed by atoms with Crippen molar-refractivity contribution in [3.63, 3.8) is 0 Å². The molecule has 1 heterocycles. The fourth-order valence-corrected chi connectivity index (χ4v) is 4.09. The highest BCUT2D eigenvalue weighted by Crippen LogP contribution is 2.42. The van der Waals surface area contributed by atoms with Gasteiger partial charge in [-0.15, -0.1) is 0 Å². The van der Waals surface area contributed by atoms with E-state index in [1.54, 1.807) is 7.11 Å². The summed E-state index contributed by atoms with van der Waals surface area (Å²) < 4.78 is 5.22. The number of carbonyl (C=O) groups is 1. The average molecular weight is 299 g/mol.